The lowest BCUT2D eigenvalue weighted by atomic mass is 10.3. The molecule has 1 amide bonds. The molecule has 8 nitrogen and oxygen atoms in total. The number of hydrogen-bond acceptors (Lipinski definition) is 7. The molecule has 3 aromatic heterocycles. The van der Waals surface area contributed by atoms with E-state index in [4.69, 9.17) is 16.0 Å². The molecule has 11 heteroatoms. The van der Waals surface area contributed by atoms with Crippen LogP contribution in [0.3, 0.4) is 0 Å². The average Bonchev–Trinajstić information content (AvgIpc) is 3.40. The Kier molecular flexibility index (Phi) is 6.05. The van der Waals surface area contributed by atoms with Crippen LogP contribution >= 0.6 is 23.4 Å². The van der Waals surface area contributed by atoms with Crippen molar-refractivity contribution in [1.29, 1.82) is 0 Å². The Balaban J connectivity index is 1.51. The molecule has 0 saturated heterocycles. The summed E-state index contributed by atoms with van der Waals surface area (Å²) in [6.07, 6.45) is 6.30. The van der Waals surface area contributed by atoms with E-state index in [1.807, 2.05) is 6.07 Å². The van der Waals surface area contributed by atoms with Crippen molar-refractivity contribution < 1.29 is 13.6 Å². The van der Waals surface area contributed by atoms with Crippen molar-refractivity contribution in [3.63, 3.8) is 0 Å². The monoisotopic (exact) mass is 444 g/mol. The Bertz CT molecular complexity index is 1150. The van der Waals surface area contributed by atoms with Gasteiger partial charge in [-0.3, -0.25) is 14.3 Å². The summed E-state index contributed by atoms with van der Waals surface area (Å²) in [4.78, 5) is 20.7. The van der Waals surface area contributed by atoms with Crippen LogP contribution in [0.15, 0.2) is 64.8 Å². The number of nitrogens with one attached hydrogen (secondary N) is 1. The van der Waals surface area contributed by atoms with E-state index < -0.39 is 5.82 Å². The molecule has 0 saturated carbocycles. The standard InChI is InChI=1S/C19H14ClFN6O2S/c20-14-8-12(3-4-15(14)21)24-17(28)11-30-19-26-25-18(16-9-22-5-6-23-16)27(19)10-13-2-1-7-29-13/h1-9H,10-11H2,(H,24,28). The van der Waals surface area contributed by atoms with Gasteiger partial charge >= 0.3 is 0 Å². The minimum atomic E-state index is -0.549. The summed E-state index contributed by atoms with van der Waals surface area (Å²) in [6.45, 7) is 0.365. The summed E-state index contributed by atoms with van der Waals surface area (Å²) in [5.74, 6) is 0.425. The van der Waals surface area contributed by atoms with E-state index in [1.54, 1.807) is 35.5 Å². The number of amides is 1. The Labute approximate surface area is 179 Å². The van der Waals surface area contributed by atoms with Gasteiger partial charge in [0.05, 0.1) is 29.8 Å². The highest BCUT2D eigenvalue weighted by Crippen LogP contribution is 2.24. The molecule has 0 radical (unpaired) electrons. The fourth-order valence-electron chi connectivity index (χ4n) is 2.60. The van der Waals surface area contributed by atoms with Crippen LogP contribution in [0.5, 0.6) is 0 Å². The molecule has 1 aromatic carbocycles. The van der Waals surface area contributed by atoms with E-state index in [1.165, 1.54) is 30.0 Å². The van der Waals surface area contributed by atoms with Crippen LogP contribution in [0.2, 0.25) is 5.02 Å². The van der Waals surface area contributed by atoms with Gasteiger partial charge in [-0.1, -0.05) is 23.4 Å². The van der Waals surface area contributed by atoms with E-state index in [0.29, 0.717) is 34.7 Å². The number of anilines is 1. The first kappa shape index (κ1) is 20.0. The van der Waals surface area contributed by atoms with Gasteiger partial charge in [0.15, 0.2) is 11.0 Å². The molecule has 152 valence electrons. The van der Waals surface area contributed by atoms with Crippen molar-refractivity contribution in [2.45, 2.75) is 11.7 Å². The summed E-state index contributed by atoms with van der Waals surface area (Å²) in [5, 5.41) is 11.5. The van der Waals surface area contributed by atoms with E-state index >= 15 is 0 Å². The maximum absolute atomic E-state index is 13.3. The first-order chi connectivity index (χ1) is 14.6. The molecular weight excluding hydrogens is 431 g/mol. The molecule has 0 aliphatic heterocycles. The first-order valence-corrected chi connectivity index (χ1v) is 10.1. The quantitative estimate of drug-likeness (QED) is 0.431. The second-order valence-corrected chi connectivity index (χ2v) is 7.38. The van der Waals surface area contributed by atoms with Crippen molar-refractivity contribution in [1.82, 2.24) is 24.7 Å². The molecule has 4 aromatic rings. The SMILES string of the molecule is O=C(CSc1nnc(-c2cnccn2)n1Cc1ccco1)Nc1ccc(F)c(Cl)c1. The zero-order valence-electron chi connectivity index (χ0n) is 15.3. The number of benzene rings is 1. The van der Waals surface area contributed by atoms with E-state index in [2.05, 4.69) is 25.5 Å². The lowest BCUT2D eigenvalue weighted by Crippen LogP contribution is -2.15. The third-order valence-electron chi connectivity index (χ3n) is 3.94. The molecule has 0 aliphatic carbocycles. The summed E-state index contributed by atoms with van der Waals surface area (Å²) >= 11 is 6.95. The Morgan fingerprint density at radius 2 is 2.17 bits per heavy atom. The first-order valence-electron chi connectivity index (χ1n) is 8.70. The maximum atomic E-state index is 13.3. The van der Waals surface area contributed by atoms with Gasteiger partial charge in [-0.05, 0) is 30.3 Å². The fourth-order valence-corrected chi connectivity index (χ4v) is 3.52. The van der Waals surface area contributed by atoms with E-state index in [9.17, 15) is 9.18 Å². The number of rotatable bonds is 7. The number of hydrogen-bond donors (Lipinski definition) is 1. The third kappa shape index (κ3) is 4.66. The van der Waals surface area contributed by atoms with Crippen LogP contribution in [-0.2, 0) is 11.3 Å². The number of nitrogens with zero attached hydrogens (tertiary/aromatic N) is 5. The van der Waals surface area contributed by atoms with E-state index in [0.717, 1.165) is 0 Å². The number of carbonyl (C=O) groups is 1. The van der Waals surface area contributed by atoms with Gasteiger partial charge in [0.2, 0.25) is 5.91 Å². The molecule has 0 fully saturated rings. The third-order valence-corrected chi connectivity index (χ3v) is 5.20. The topological polar surface area (TPSA) is 98.7 Å². The van der Waals surface area contributed by atoms with Gasteiger partial charge in [-0.2, -0.15) is 0 Å². The average molecular weight is 445 g/mol. The predicted molar refractivity (Wildman–Crippen MR) is 110 cm³/mol. The van der Waals surface area contributed by atoms with Crippen molar-refractivity contribution in [2.75, 3.05) is 11.1 Å². The van der Waals surface area contributed by atoms with Crippen LogP contribution < -0.4 is 5.32 Å². The Morgan fingerprint density at radius 3 is 2.90 bits per heavy atom. The van der Waals surface area contributed by atoms with E-state index in [-0.39, 0.29) is 16.7 Å². The molecule has 0 aliphatic rings. The lowest BCUT2D eigenvalue weighted by Gasteiger charge is -2.09. The van der Waals surface area contributed by atoms with Gasteiger partial charge in [0.25, 0.3) is 0 Å². The van der Waals surface area contributed by atoms with Gasteiger partial charge in [-0.15, -0.1) is 10.2 Å². The normalized spacial score (nSPS) is 10.9. The highest BCUT2D eigenvalue weighted by Gasteiger charge is 2.18. The molecule has 0 spiro atoms. The molecule has 0 bridgehead atoms. The van der Waals surface area contributed by atoms with Crippen LogP contribution in [-0.4, -0.2) is 36.4 Å². The summed E-state index contributed by atoms with van der Waals surface area (Å²) in [7, 11) is 0. The van der Waals surface area contributed by atoms with Gasteiger partial charge < -0.3 is 9.73 Å². The maximum Gasteiger partial charge on any atom is 0.234 e. The molecule has 0 unspecified atom stereocenters. The molecule has 1 N–H and O–H groups in total. The fraction of sp³-hybridized carbons (Fsp3) is 0.105. The van der Waals surface area contributed by atoms with Crippen LogP contribution in [0.25, 0.3) is 11.5 Å². The molecule has 3 heterocycles. The smallest absolute Gasteiger partial charge is 0.234 e. The van der Waals surface area contributed by atoms with Gasteiger partial charge in [0.1, 0.15) is 17.3 Å². The van der Waals surface area contributed by atoms with Gasteiger partial charge in [-0.25, -0.2) is 9.37 Å². The van der Waals surface area contributed by atoms with Crippen LogP contribution in [0.1, 0.15) is 5.76 Å². The molecule has 4 rings (SSSR count). The Hall–Kier alpha value is -3.24. The number of carbonyl (C=O) groups excluding carboxylic acids is 1. The minimum absolute atomic E-state index is 0.0613. The lowest BCUT2D eigenvalue weighted by molar-refractivity contribution is -0.113. The second kappa shape index (κ2) is 9.06. The summed E-state index contributed by atoms with van der Waals surface area (Å²) in [5.41, 5.74) is 0.957. The highest BCUT2D eigenvalue weighted by molar-refractivity contribution is 7.99. The van der Waals surface area contributed by atoms with Crippen LogP contribution in [0, 0.1) is 5.82 Å². The summed E-state index contributed by atoms with van der Waals surface area (Å²) in [6, 6.07) is 7.61. The number of thioether (sulfide) groups is 1. The largest absolute Gasteiger partial charge is 0.467 e. The zero-order chi connectivity index (χ0) is 20.9. The van der Waals surface area contributed by atoms with Crippen molar-refractivity contribution in [2.24, 2.45) is 0 Å². The molecular formula is C19H14ClFN6O2S. The number of halogens is 2. The summed E-state index contributed by atoms with van der Waals surface area (Å²) < 4.78 is 20.5. The Morgan fingerprint density at radius 1 is 1.27 bits per heavy atom. The van der Waals surface area contributed by atoms with Crippen molar-refractivity contribution >= 4 is 35.0 Å². The minimum Gasteiger partial charge on any atom is -0.467 e. The van der Waals surface area contributed by atoms with Crippen molar-refractivity contribution in [3.8, 4) is 11.5 Å². The van der Waals surface area contributed by atoms with Crippen molar-refractivity contribution in [3.05, 3.63) is 71.8 Å². The number of aromatic nitrogens is 5. The highest BCUT2D eigenvalue weighted by atomic mass is 35.5. The predicted octanol–water partition coefficient (Wildman–Crippen LogP) is 3.90. The number of furan rings is 1. The van der Waals surface area contributed by atoms with Gasteiger partial charge in [0, 0.05) is 18.1 Å². The van der Waals surface area contributed by atoms with Crippen LogP contribution in [0.4, 0.5) is 10.1 Å². The second-order valence-electron chi connectivity index (χ2n) is 6.03. The molecule has 30 heavy (non-hydrogen) atoms. The molecule has 0 atom stereocenters. The zero-order valence-corrected chi connectivity index (χ0v) is 16.9.